The molecular weight excluding hydrogens is 483 g/mol. The number of pyridine rings is 2. The van der Waals surface area contributed by atoms with Crippen LogP contribution in [-0.2, 0) is 17.4 Å². The number of aromatic nitrogens is 6. The summed E-state index contributed by atoms with van der Waals surface area (Å²) >= 11 is 0. The molecule has 1 N–H and O–H groups in total. The Morgan fingerprint density at radius 1 is 1.11 bits per heavy atom. The van der Waals surface area contributed by atoms with Crippen molar-refractivity contribution in [3.05, 3.63) is 71.6 Å². The molecule has 5 heterocycles. The monoisotopic (exact) mass is 514 g/mol. The van der Waals surface area contributed by atoms with Crippen molar-refractivity contribution in [3.63, 3.8) is 0 Å². The van der Waals surface area contributed by atoms with Gasteiger partial charge in [0.15, 0.2) is 0 Å². The highest BCUT2D eigenvalue weighted by Gasteiger charge is 2.33. The van der Waals surface area contributed by atoms with Gasteiger partial charge in [-0.05, 0) is 69.9 Å². The van der Waals surface area contributed by atoms with Gasteiger partial charge >= 0.3 is 0 Å². The molecule has 1 aliphatic heterocycles. The molecule has 0 saturated carbocycles. The second-order valence-corrected chi connectivity index (χ2v) is 10.7. The molecular formula is C29H31FN6O2. The topological polar surface area (TPSA) is 90.9 Å². The number of benzene rings is 1. The molecule has 0 aliphatic carbocycles. The SMILES string of the molecule is Cc1nnn(C)c1-c1ccc2c3ncc(C(C)(C)O)cc3n(C(c3ncccc3F)C3CCOCC3)c2c1. The maximum Gasteiger partial charge on any atom is 0.146 e. The summed E-state index contributed by atoms with van der Waals surface area (Å²) in [5.74, 6) is -0.241. The summed E-state index contributed by atoms with van der Waals surface area (Å²) in [6.07, 6.45) is 4.94. The molecule has 8 nitrogen and oxygen atoms in total. The molecule has 1 aromatic carbocycles. The lowest BCUT2D eigenvalue weighted by molar-refractivity contribution is 0.0542. The van der Waals surface area contributed by atoms with E-state index in [9.17, 15) is 5.11 Å². The van der Waals surface area contributed by atoms with E-state index in [1.54, 1.807) is 37.0 Å². The molecule has 38 heavy (non-hydrogen) atoms. The van der Waals surface area contributed by atoms with Crippen molar-refractivity contribution >= 4 is 21.9 Å². The van der Waals surface area contributed by atoms with Gasteiger partial charge in [-0.1, -0.05) is 11.3 Å². The fraction of sp³-hybridized carbons (Fsp3) is 0.379. The maximum absolute atomic E-state index is 15.5. The summed E-state index contributed by atoms with van der Waals surface area (Å²) < 4.78 is 25.1. The lowest BCUT2D eigenvalue weighted by Gasteiger charge is -2.32. The van der Waals surface area contributed by atoms with Gasteiger partial charge in [0.2, 0.25) is 0 Å². The van der Waals surface area contributed by atoms with E-state index >= 15 is 4.39 Å². The summed E-state index contributed by atoms with van der Waals surface area (Å²) in [4.78, 5) is 9.38. The zero-order valence-electron chi connectivity index (χ0n) is 22.0. The lowest BCUT2D eigenvalue weighted by atomic mass is 9.88. The van der Waals surface area contributed by atoms with Crippen molar-refractivity contribution in [2.75, 3.05) is 13.2 Å². The highest BCUT2D eigenvalue weighted by molar-refractivity contribution is 6.07. The Labute approximate surface area is 220 Å². The van der Waals surface area contributed by atoms with Crippen LogP contribution < -0.4 is 0 Å². The van der Waals surface area contributed by atoms with Crippen LogP contribution in [0.2, 0.25) is 0 Å². The standard InChI is InChI=1S/C29H31FN6O2/c1-17-27(35(4)34-33-17)19-7-8-21-23(14-19)36(24-15-20(29(2,3)37)16-32-25(21)24)28(18-9-12-38-13-10-18)26-22(30)6-5-11-31-26/h5-8,11,14-16,18,28,37H,9-10,12-13H2,1-4H3. The predicted molar refractivity (Wildman–Crippen MR) is 143 cm³/mol. The smallest absolute Gasteiger partial charge is 0.146 e. The van der Waals surface area contributed by atoms with Crippen LogP contribution in [0.4, 0.5) is 4.39 Å². The quantitative estimate of drug-likeness (QED) is 0.352. The number of aryl methyl sites for hydroxylation is 2. The van der Waals surface area contributed by atoms with Crippen LogP contribution in [0.5, 0.6) is 0 Å². The third-order valence-electron chi connectivity index (χ3n) is 7.67. The first-order chi connectivity index (χ1) is 18.2. The van der Waals surface area contributed by atoms with Gasteiger partial charge in [-0.2, -0.15) is 0 Å². The first kappa shape index (κ1) is 24.6. The van der Waals surface area contributed by atoms with Crippen LogP contribution in [0.15, 0.2) is 48.8 Å². The summed E-state index contributed by atoms with van der Waals surface area (Å²) in [7, 11) is 1.88. The molecule has 1 aliphatic rings. The Hall–Kier alpha value is -3.69. The number of nitrogens with zero attached hydrogens (tertiary/aromatic N) is 6. The predicted octanol–water partition coefficient (Wildman–Crippen LogP) is 5.07. The zero-order chi connectivity index (χ0) is 26.6. The van der Waals surface area contributed by atoms with E-state index in [4.69, 9.17) is 9.72 Å². The van der Waals surface area contributed by atoms with Gasteiger partial charge in [-0.15, -0.1) is 5.10 Å². The second-order valence-electron chi connectivity index (χ2n) is 10.7. The van der Waals surface area contributed by atoms with Crippen molar-refractivity contribution in [3.8, 4) is 11.3 Å². The minimum Gasteiger partial charge on any atom is -0.386 e. The summed E-state index contributed by atoms with van der Waals surface area (Å²) in [6.45, 7) is 6.66. The fourth-order valence-electron chi connectivity index (χ4n) is 5.75. The first-order valence-corrected chi connectivity index (χ1v) is 13.0. The largest absolute Gasteiger partial charge is 0.386 e. The Kier molecular flexibility index (Phi) is 6.00. The fourth-order valence-corrected chi connectivity index (χ4v) is 5.75. The number of rotatable bonds is 5. The minimum atomic E-state index is -1.09. The molecule has 1 atom stereocenters. The van der Waals surface area contributed by atoms with E-state index in [1.807, 2.05) is 26.1 Å². The van der Waals surface area contributed by atoms with Crippen molar-refractivity contribution in [2.45, 2.75) is 45.3 Å². The Balaban J connectivity index is 1.71. The molecule has 0 bridgehead atoms. The van der Waals surface area contributed by atoms with Crippen LogP contribution in [0.3, 0.4) is 0 Å². The number of hydrogen-bond donors (Lipinski definition) is 1. The van der Waals surface area contributed by atoms with Gasteiger partial charge in [-0.3, -0.25) is 9.97 Å². The second kappa shape index (κ2) is 9.25. The molecule has 6 rings (SSSR count). The molecule has 5 aromatic rings. The normalized spacial score (nSPS) is 15.9. The van der Waals surface area contributed by atoms with Crippen LogP contribution in [0, 0.1) is 18.7 Å². The van der Waals surface area contributed by atoms with Gasteiger partial charge in [-0.25, -0.2) is 9.07 Å². The third kappa shape index (κ3) is 4.06. The Morgan fingerprint density at radius 3 is 2.58 bits per heavy atom. The highest BCUT2D eigenvalue weighted by Crippen LogP contribution is 2.42. The molecule has 0 radical (unpaired) electrons. The summed E-state index contributed by atoms with van der Waals surface area (Å²) in [6, 6.07) is 10.9. The number of aliphatic hydroxyl groups is 1. The molecule has 196 valence electrons. The van der Waals surface area contributed by atoms with Crippen LogP contribution in [0.1, 0.15) is 49.7 Å². The van der Waals surface area contributed by atoms with Crippen LogP contribution >= 0.6 is 0 Å². The van der Waals surface area contributed by atoms with Gasteiger partial charge < -0.3 is 14.4 Å². The van der Waals surface area contributed by atoms with Crippen LogP contribution in [0.25, 0.3) is 33.2 Å². The molecule has 0 amide bonds. The molecule has 4 aromatic heterocycles. The Morgan fingerprint density at radius 2 is 1.89 bits per heavy atom. The molecule has 0 spiro atoms. The van der Waals surface area contributed by atoms with Crippen molar-refractivity contribution in [1.82, 2.24) is 29.5 Å². The van der Waals surface area contributed by atoms with E-state index < -0.39 is 5.60 Å². The van der Waals surface area contributed by atoms with E-state index in [-0.39, 0.29) is 17.8 Å². The summed E-state index contributed by atoms with van der Waals surface area (Å²) in [5, 5.41) is 20.2. The van der Waals surface area contributed by atoms with Crippen LogP contribution in [-0.4, -0.2) is 47.8 Å². The van der Waals surface area contributed by atoms with E-state index in [2.05, 4.69) is 32.0 Å². The molecule has 1 unspecified atom stereocenters. The average molecular weight is 515 g/mol. The van der Waals surface area contributed by atoms with Crippen molar-refractivity contribution < 1.29 is 14.2 Å². The van der Waals surface area contributed by atoms with E-state index in [0.29, 0.717) is 24.5 Å². The van der Waals surface area contributed by atoms with Crippen molar-refractivity contribution in [2.24, 2.45) is 13.0 Å². The zero-order valence-corrected chi connectivity index (χ0v) is 22.0. The third-order valence-corrected chi connectivity index (χ3v) is 7.67. The molecule has 1 saturated heterocycles. The number of halogens is 1. The average Bonchev–Trinajstić information content (AvgIpc) is 3.41. The summed E-state index contributed by atoms with van der Waals surface area (Å²) in [5.41, 5.74) is 5.25. The highest BCUT2D eigenvalue weighted by atomic mass is 19.1. The lowest BCUT2D eigenvalue weighted by Crippen LogP contribution is -2.28. The van der Waals surface area contributed by atoms with Gasteiger partial charge in [0.25, 0.3) is 0 Å². The molecule has 1 fully saturated rings. The number of hydrogen-bond acceptors (Lipinski definition) is 6. The minimum absolute atomic E-state index is 0.0986. The van der Waals surface area contributed by atoms with Gasteiger partial charge in [0.05, 0.1) is 45.3 Å². The van der Waals surface area contributed by atoms with Gasteiger partial charge in [0, 0.05) is 49.2 Å². The Bertz CT molecular complexity index is 1630. The number of ether oxygens (including phenoxy) is 1. The first-order valence-electron chi connectivity index (χ1n) is 13.0. The maximum atomic E-state index is 15.5. The van der Waals surface area contributed by atoms with Gasteiger partial charge in [0.1, 0.15) is 5.82 Å². The van der Waals surface area contributed by atoms with Crippen molar-refractivity contribution in [1.29, 1.82) is 0 Å². The van der Waals surface area contributed by atoms with E-state index in [0.717, 1.165) is 51.7 Å². The van der Waals surface area contributed by atoms with E-state index in [1.165, 1.54) is 6.07 Å². The number of fused-ring (bicyclic) bond motifs is 3. The molecule has 9 heteroatoms.